The van der Waals surface area contributed by atoms with Crippen LogP contribution in [0.25, 0.3) is 0 Å². The molecule has 1 aromatic heterocycles. The van der Waals surface area contributed by atoms with Crippen LogP contribution in [-0.4, -0.2) is 10.1 Å². The van der Waals surface area contributed by atoms with Crippen molar-refractivity contribution in [1.29, 1.82) is 0 Å². The Morgan fingerprint density at radius 3 is 2.55 bits per heavy atom. The molecule has 1 aromatic rings. The van der Waals surface area contributed by atoms with E-state index in [9.17, 15) is 8.78 Å². The Labute approximate surface area is 70.0 Å². The lowest BCUT2D eigenvalue weighted by Crippen LogP contribution is -1.90. The largest absolute Gasteiger partial charge is 0.506 e. The van der Waals surface area contributed by atoms with Gasteiger partial charge < -0.3 is 5.11 Å². The van der Waals surface area contributed by atoms with Crippen molar-refractivity contribution in [3.63, 3.8) is 0 Å². The lowest BCUT2D eigenvalue weighted by atomic mass is 10.3. The maximum Gasteiger partial charge on any atom is 0.284 e. The summed E-state index contributed by atoms with van der Waals surface area (Å²) in [4.78, 5) is 3.39. The molecule has 0 amide bonds. The van der Waals surface area contributed by atoms with Crippen LogP contribution in [0.3, 0.4) is 0 Å². The van der Waals surface area contributed by atoms with E-state index in [1.165, 1.54) is 12.1 Å². The van der Waals surface area contributed by atoms with Gasteiger partial charge in [0, 0.05) is 0 Å². The quantitative estimate of drug-likeness (QED) is 0.743. The highest BCUT2D eigenvalue weighted by molar-refractivity contribution is 9.10. The van der Waals surface area contributed by atoms with Crippen molar-refractivity contribution < 1.29 is 13.9 Å². The molecule has 0 saturated heterocycles. The molecule has 11 heavy (non-hydrogen) atoms. The molecule has 0 atom stereocenters. The molecule has 0 unspecified atom stereocenters. The number of halogens is 3. The second kappa shape index (κ2) is 3.13. The maximum absolute atomic E-state index is 12.0. The van der Waals surface area contributed by atoms with Gasteiger partial charge in [0.2, 0.25) is 0 Å². The number of hydrogen-bond acceptors (Lipinski definition) is 2. The minimum Gasteiger partial charge on any atom is -0.506 e. The average Bonchev–Trinajstić information content (AvgIpc) is 1.94. The number of alkyl halides is 2. The second-order valence-corrected chi connectivity index (χ2v) is 2.65. The maximum atomic E-state index is 12.0. The number of aromatic nitrogens is 1. The lowest BCUT2D eigenvalue weighted by molar-refractivity contribution is 0.141. The van der Waals surface area contributed by atoms with Gasteiger partial charge in [0.25, 0.3) is 6.43 Å². The highest BCUT2D eigenvalue weighted by atomic mass is 79.9. The molecule has 0 aromatic carbocycles. The first-order valence-corrected chi connectivity index (χ1v) is 3.54. The second-order valence-electron chi connectivity index (χ2n) is 1.84. The molecule has 0 radical (unpaired) electrons. The van der Waals surface area contributed by atoms with E-state index in [0.717, 1.165) is 0 Å². The van der Waals surface area contributed by atoms with Crippen LogP contribution in [0.1, 0.15) is 12.1 Å². The zero-order valence-corrected chi connectivity index (χ0v) is 6.85. The monoisotopic (exact) mass is 223 g/mol. The van der Waals surface area contributed by atoms with Crippen LogP contribution < -0.4 is 0 Å². The van der Waals surface area contributed by atoms with Gasteiger partial charge in [0.1, 0.15) is 16.0 Å². The average molecular weight is 224 g/mol. The molecule has 0 fully saturated rings. The van der Waals surface area contributed by atoms with E-state index in [1.54, 1.807) is 0 Å². The van der Waals surface area contributed by atoms with Gasteiger partial charge >= 0.3 is 0 Å². The van der Waals surface area contributed by atoms with Gasteiger partial charge in [-0.25, -0.2) is 13.8 Å². The van der Waals surface area contributed by atoms with Crippen LogP contribution in [0, 0.1) is 0 Å². The molecule has 2 nitrogen and oxygen atoms in total. The van der Waals surface area contributed by atoms with Crippen molar-refractivity contribution in [1.82, 2.24) is 4.98 Å². The molecule has 0 bridgehead atoms. The summed E-state index contributed by atoms with van der Waals surface area (Å²) in [7, 11) is 0. The van der Waals surface area contributed by atoms with E-state index in [-0.39, 0.29) is 4.60 Å². The topological polar surface area (TPSA) is 33.1 Å². The molecule has 0 saturated carbocycles. The van der Waals surface area contributed by atoms with Crippen LogP contribution in [0.2, 0.25) is 0 Å². The molecule has 1 N–H and O–H groups in total. The highest BCUT2D eigenvalue weighted by Crippen LogP contribution is 2.26. The summed E-state index contributed by atoms with van der Waals surface area (Å²) in [5.74, 6) is -0.483. The number of rotatable bonds is 1. The zero-order valence-electron chi connectivity index (χ0n) is 5.26. The van der Waals surface area contributed by atoms with Crippen molar-refractivity contribution in [2.24, 2.45) is 0 Å². The number of hydrogen-bond donors (Lipinski definition) is 1. The number of pyridine rings is 1. The van der Waals surface area contributed by atoms with Gasteiger partial charge in [0.05, 0.1) is 0 Å². The Morgan fingerprint density at radius 1 is 1.45 bits per heavy atom. The zero-order chi connectivity index (χ0) is 8.43. The standard InChI is InChI=1S/C6H4BrF2NO/c7-4-2-1-3(11)5(10-4)6(8)9/h1-2,6,11H. The molecule has 0 aliphatic rings. The molecule has 60 valence electrons. The molecule has 5 heteroatoms. The SMILES string of the molecule is Oc1ccc(Br)nc1C(F)F. The van der Waals surface area contributed by atoms with E-state index in [1.807, 2.05) is 0 Å². The third-order valence-corrected chi connectivity index (χ3v) is 1.52. The molecule has 0 aliphatic heterocycles. The van der Waals surface area contributed by atoms with Crippen molar-refractivity contribution in [2.45, 2.75) is 6.43 Å². The van der Waals surface area contributed by atoms with E-state index in [0.29, 0.717) is 0 Å². The van der Waals surface area contributed by atoms with Crippen molar-refractivity contribution in [3.05, 3.63) is 22.4 Å². The van der Waals surface area contributed by atoms with E-state index in [2.05, 4.69) is 20.9 Å². The van der Waals surface area contributed by atoms with Gasteiger partial charge in [-0.3, -0.25) is 0 Å². The fraction of sp³-hybridized carbons (Fsp3) is 0.167. The van der Waals surface area contributed by atoms with Crippen LogP contribution in [0.5, 0.6) is 5.75 Å². The normalized spacial score (nSPS) is 10.5. The van der Waals surface area contributed by atoms with E-state index < -0.39 is 17.9 Å². The Bertz CT molecular complexity index is 267. The predicted octanol–water partition coefficient (Wildman–Crippen LogP) is 2.49. The summed E-state index contributed by atoms with van der Waals surface area (Å²) in [5, 5.41) is 8.84. The molecule has 1 heterocycles. The first kappa shape index (κ1) is 8.39. The fourth-order valence-electron chi connectivity index (χ4n) is 0.603. The Morgan fingerprint density at radius 2 is 2.09 bits per heavy atom. The third kappa shape index (κ3) is 1.86. The van der Waals surface area contributed by atoms with Gasteiger partial charge in [-0.2, -0.15) is 0 Å². The summed E-state index contributed by atoms with van der Waals surface area (Å²) in [6.07, 6.45) is -2.74. The van der Waals surface area contributed by atoms with Gasteiger partial charge in [0.15, 0.2) is 0 Å². The summed E-state index contributed by atoms with van der Waals surface area (Å²) in [6.45, 7) is 0. The lowest BCUT2D eigenvalue weighted by Gasteiger charge is -2.01. The van der Waals surface area contributed by atoms with Gasteiger partial charge in [-0.15, -0.1) is 0 Å². The van der Waals surface area contributed by atoms with Gasteiger partial charge in [-0.05, 0) is 28.1 Å². The summed E-state index contributed by atoms with van der Waals surface area (Å²) in [6, 6.07) is 2.56. The first-order chi connectivity index (χ1) is 5.11. The van der Waals surface area contributed by atoms with E-state index >= 15 is 0 Å². The number of aromatic hydroxyl groups is 1. The van der Waals surface area contributed by atoms with E-state index in [4.69, 9.17) is 5.11 Å². The fourth-order valence-corrected chi connectivity index (χ4v) is 0.926. The summed E-state index contributed by atoms with van der Waals surface area (Å²) >= 11 is 2.91. The van der Waals surface area contributed by atoms with Crippen molar-refractivity contribution in [2.75, 3.05) is 0 Å². The third-order valence-electron chi connectivity index (χ3n) is 1.08. The smallest absolute Gasteiger partial charge is 0.284 e. The molecular weight excluding hydrogens is 220 g/mol. The Kier molecular flexibility index (Phi) is 2.38. The summed E-state index contributed by atoms with van der Waals surface area (Å²) < 4.78 is 24.2. The van der Waals surface area contributed by atoms with Crippen LogP contribution >= 0.6 is 15.9 Å². The molecule has 0 aliphatic carbocycles. The Balaban J connectivity index is 3.13. The first-order valence-electron chi connectivity index (χ1n) is 2.75. The highest BCUT2D eigenvalue weighted by Gasteiger charge is 2.14. The van der Waals surface area contributed by atoms with Crippen LogP contribution in [0.4, 0.5) is 8.78 Å². The Hall–Kier alpha value is -0.710. The van der Waals surface area contributed by atoms with Crippen LogP contribution in [0.15, 0.2) is 16.7 Å². The minimum atomic E-state index is -2.74. The van der Waals surface area contributed by atoms with Gasteiger partial charge in [-0.1, -0.05) is 0 Å². The molecule has 1 rings (SSSR count). The van der Waals surface area contributed by atoms with Crippen molar-refractivity contribution >= 4 is 15.9 Å². The molecular formula is C6H4BrF2NO. The summed E-state index contributed by atoms with van der Waals surface area (Å²) in [5.41, 5.74) is -0.598. The number of nitrogens with zero attached hydrogens (tertiary/aromatic N) is 1. The predicted molar refractivity (Wildman–Crippen MR) is 38.6 cm³/mol. The van der Waals surface area contributed by atoms with Crippen molar-refractivity contribution in [3.8, 4) is 5.75 Å². The minimum absolute atomic E-state index is 0.283. The van der Waals surface area contributed by atoms with Crippen LogP contribution in [-0.2, 0) is 0 Å². The molecule has 0 spiro atoms.